The van der Waals surface area contributed by atoms with Crippen molar-refractivity contribution in [1.82, 2.24) is 0 Å². The first-order valence-electron chi connectivity index (χ1n) is 6.99. The zero-order valence-corrected chi connectivity index (χ0v) is 11.2. The highest BCUT2D eigenvalue weighted by Gasteiger charge is 2.31. The zero-order valence-electron chi connectivity index (χ0n) is 11.2. The van der Waals surface area contributed by atoms with Crippen LogP contribution in [0, 0.1) is 5.92 Å². The van der Waals surface area contributed by atoms with Crippen molar-refractivity contribution < 1.29 is 23.0 Å². The van der Waals surface area contributed by atoms with Crippen LogP contribution < -0.4 is 4.74 Å². The van der Waals surface area contributed by atoms with Crippen LogP contribution >= 0.6 is 0 Å². The number of benzene rings is 1. The molecule has 1 fully saturated rings. The van der Waals surface area contributed by atoms with Gasteiger partial charge in [-0.2, -0.15) is 13.2 Å². The van der Waals surface area contributed by atoms with Gasteiger partial charge in [0.2, 0.25) is 0 Å². The Bertz CT molecular complexity index is 437. The Kier molecular flexibility index (Phi) is 4.78. The van der Waals surface area contributed by atoms with E-state index in [-0.39, 0.29) is 5.75 Å². The SMILES string of the molecule is Oc1cc(OCCC2CCCCC2)cc(C(F)(F)F)c1. The normalized spacial score (nSPS) is 17.1. The van der Waals surface area contributed by atoms with Gasteiger partial charge in [-0.05, 0) is 24.5 Å². The highest BCUT2D eigenvalue weighted by molar-refractivity contribution is 5.38. The molecule has 1 saturated carbocycles. The summed E-state index contributed by atoms with van der Waals surface area (Å²) in [6.07, 6.45) is 2.48. The van der Waals surface area contributed by atoms with Crippen LogP contribution in [0.1, 0.15) is 44.1 Å². The zero-order chi connectivity index (χ0) is 14.6. The highest BCUT2D eigenvalue weighted by atomic mass is 19.4. The molecular weight excluding hydrogens is 269 g/mol. The topological polar surface area (TPSA) is 29.5 Å². The summed E-state index contributed by atoms with van der Waals surface area (Å²) >= 11 is 0. The summed E-state index contributed by atoms with van der Waals surface area (Å²) in [5.41, 5.74) is -0.884. The lowest BCUT2D eigenvalue weighted by Crippen LogP contribution is -2.11. The fourth-order valence-electron chi connectivity index (χ4n) is 2.65. The molecule has 0 aliphatic heterocycles. The van der Waals surface area contributed by atoms with Crippen molar-refractivity contribution in [3.05, 3.63) is 23.8 Å². The third-order valence-electron chi connectivity index (χ3n) is 3.74. The lowest BCUT2D eigenvalue weighted by Gasteiger charge is -2.21. The minimum atomic E-state index is -4.47. The van der Waals surface area contributed by atoms with Gasteiger partial charge in [0.05, 0.1) is 12.2 Å². The van der Waals surface area contributed by atoms with E-state index in [0.29, 0.717) is 18.6 Å². The number of hydrogen-bond acceptors (Lipinski definition) is 2. The minimum Gasteiger partial charge on any atom is -0.508 e. The summed E-state index contributed by atoms with van der Waals surface area (Å²) in [4.78, 5) is 0. The third kappa shape index (κ3) is 4.32. The molecule has 0 atom stereocenters. The Morgan fingerprint density at radius 1 is 1.10 bits per heavy atom. The molecule has 0 spiro atoms. The number of halogens is 3. The Morgan fingerprint density at radius 2 is 1.80 bits per heavy atom. The summed E-state index contributed by atoms with van der Waals surface area (Å²) in [5.74, 6) is 0.267. The number of ether oxygens (including phenoxy) is 1. The Labute approximate surface area is 116 Å². The predicted molar refractivity (Wildman–Crippen MR) is 69.8 cm³/mol. The quantitative estimate of drug-likeness (QED) is 0.865. The van der Waals surface area contributed by atoms with Crippen molar-refractivity contribution in [2.75, 3.05) is 6.61 Å². The Balaban J connectivity index is 1.90. The molecule has 0 bridgehead atoms. The molecule has 0 radical (unpaired) electrons. The molecular formula is C15H19F3O2. The lowest BCUT2D eigenvalue weighted by atomic mass is 9.87. The fourth-order valence-corrected chi connectivity index (χ4v) is 2.65. The largest absolute Gasteiger partial charge is 0.508 e. The van der Waals surface area contributed by atoms with Crippen molar-refractivity contribution in [2.24, 2.45) is 5.92 Å². The molecule has 0 unspecified atom stereocenters. The standard InChI is InChI=1S/C15H19F3O2/c16-15(17,18)12-8-13(19)10-14(9-12)20-7-6-11-4-2-1-3-5-11/h8-11,19H,1-7H2. The molecule has 1 N–H and O–H groups in total. The van der Waals surface area contributed by atoms with Crippen molar-refractivity contribution >= 4 is 0 Å². The average Bonchev–Trinajstić information content (AvgIpc) is 2.38. The summed E-state index contributed by atoms with van der Waals surface area (Å²) in [6, 6.07) is 2.85. The number of hydrogen-bond donors (Lipinski definition) is 1. The van der Waals surface area contributed by atoms with Crippen LogP contribution in [0.25, 0.3) is 0 Å². The van der Waals surface area contributed by atoms with Crippen molar-refractivity contribution in [3.63, 3.8) is 0 Å². The maximum atomic E-state index is 12.6. The minimum absolute atomic E-state index is 0.0770. The fraction of sp³-hybridized carbons (Fsp3) is 0.600. The molecule has 1 aliphatic carbocycles. The van der Waals surface area contributed by atoms with Gasteiger partial charge in [0.25, 0.3) is 0 Å². The van der Waals surface area contributed by atoms with Gasteiger partial charge in [0.1, 0.15) is 11.5 Å². The number of aromatic hydroxyl groups is 1. The summed E-state index contributed by atoms with van der Waals surface area (Å²) in [5, 5.41) is 9.33. The molecule has 1 aromatic carbocycles. The number of phenols is 1. The van der Waals surface area contributed by atoms with Gasteiger partial charge in [-0.3, -0.25) is 0 Å². The van der Waals surface area contributed by atoms with Gasteiger partial charge in [0.15, 0.2) is 0 Å². The van der Waals surface area contributed by atoms with E-state index < -0.39 is 17.5 Å². The summed E-state index contributed by atoms with van der Waals surface area (Å²) in [7, 11) is 0. The lowest BCUT2D eigenvalue weighted by molar-refractivity contribution is -0.137. The predicted octanol–water partition coefficient (Wildman–Crippen LogP) is 4.76. The first-order chi connectivity index (χ1) is 9.45. The molecule has 0 aromatic heterocycles. The van der Waals surface area contributed by atoms with Gasteiger partial charge in [-0.25, -0.2) is 0 Å². The van der Waals surface area contributed by atoms with Gasteiger partial charge in [-0.1, -0.05) is 32.1 Å². The molecule has 2 rings (SSSR count). The second-order valence-corrected chi connectivity index (χ2v) is 5.35. The average molecular weight is 288 g/mol. The van der Waals surface area contributed by atoms with Crippen LogP contribution in [-0.2, 0) is 6.18 Å². The molecule has 0 amide bonds. The van der Waals surface area contributed by atoms with Crippen LogP contribution in [0.15, 0.2) is 18.2 Å². The maximum absolute atomic E-state index is 12.6. The smallest absolute Gasteiger partial charge is 0.416 e. The van der Waals surface area contributed by atoms with Crippen molar-refractivity contribution in [2.45, 2.75) is 44.7 Å². The number of alkyl halides is 3. The van der Waals surface area contributed by atoms with Crippen molar-refractivity contribution in [1.29, 1.82) is 0 Å². The van der Waals surface area contributed by atoms with E-state index in [1.807, 2.05) is 0 Å². The van der Waals surface area contributed by atoms with Crippen LogP contribution in [0.3, 0.4) is 0 Å². The van der Waals surface area contributed by atoms with E-state index >= 15 is 0 Å². The molecule has 20 heavy (non-hydrogen) atoms. The van der Waals surface area contributed by atoms with E-state index in [1.54, 1.807) is 0 Å². The molecule has 0 heterocycles. The van der Waals surface area contributed by atoms with E-state index in [0.717, 1.165) is 12.5 Å². The number of rotatable bonds is 4. The van der Waals surface area contributed by atoms with Gasteiger partial charge in [-0.15, -0.1) is 0 Å². The van der Waals surface area contributed by atoms with Crippen LogP contribution in [0.5, 0.6) is 11.5 Å². The van der Waals surface area contributed by atoms with Gasteiger partial charge < -0.3 is 9.84 Å². The number of phenolic OH excluding ortho intramolecular Hbond substituents is 1. The van der Waals surface area contributed by atoms with Gasteiger partial charge in [0, 0.05) is 6.07 Å². The Hall–Kier alpha value is -1.39. The second-order valence-electron chi connectivity index (χ2n) is 5.35. The van der Waals surface area contributed by atoms with Crippen LogP contribution in [-0.4, -0.2) is 11.7 Å². The van der Waals surface area contributed by atoms with E-state index in [9.17, 15) is 18.3 Å². The summed E-state index contributed by atoms with van der Waals surface area (Å²) in [6.45, 7) is 0.394. The molecule has 0 saturated heterocycles. The van der Waals surface area contributed by atoms with Crippen molar-refractivity contribution in [3.8, 4) is 11.5 Å². The Morgan fingerprint density at radius 3 is 2.45 bits per heavy atom. The van der Waals surface area contributed by atoms with E-state index in [4.69, 9.17) is 4.74 Å². The van der Waals surface area contributed by atoms with Crippen LogP contribution in [0.2, 0.25) is 0 Å². The molecule has 5 heteroatoms. The van der Waals surface area contributed by atoms with Crippen LogP contribution in [0.4, 0.5) is 13.2 Å². The second kappa shape index (κ2) is 6.37. The van der Waals surface area contributed by atoms with Gasteiger partial charge >= 0.3 is 6.18 Å². The van der Waals surface area contributed by atoms with E-state index in [1.165, 1.54) is 38.2 Å². The highest BCUT2D eigenvalue weighted by Crippen LogP contribution is 2.34. The molecule has 1 aromatic rings. The molecule has 2 nitrogen and oxygen atoms in total. The first-order valence-corrected chi connectivity index (χ1v) is 6.99. The molecule has 112 valence electrons. The van der Waals surface area contributed by atoms with E-state index in [2.05, 4.69) is 0 Å². The maximum Gasteiger partial charge on any atom is 0.416 e. The molecule has 1 aliphatic rings. The monoisotopic (exact) mass is 288 g/mol. The first kappa shape index (κ1) is 15.0. The summed E-state index contributed by atoms with van der Waals surface area (Å²) < 4.78 is 43.1. The third-order valence-corrected chi connectivity index (χ3v) is 3.74.